The van der Waals surface area contributed by atoms with Crippen molar-refractivity contribution in [3.8, 4) is 5.75 Å². The summed E-state index contributed by atoms with van der Waals surface area (Å²) in [6, 6.07) is 7.83. The third kappa shape index (κ3) is 4.75. The molecule has 1 N–H and O–H groups in total. The predicted molar refractivity (Wildman–Crippen MR) is 89.7 cm³/mol. The monoisotopic (exact) mass is 386 g/mol. The lowest BCUT2D eigenvalue weighted by Crippen LogP contribution is -2.29. The zero-order valence-corrected chi connectivity index (χ0v) is 14.7. The molecule has 0 radical (unpaired) electrons. The summed E-state index contributed by atoms with van der Waals surface area (Å²) in [6.07, 6.45) is -3.91. The number of carbonyl (C=O) groups is 1. The standard InChI is InChI=1S/C17H17F3N2O3S/c1-24-21-16(23)15-8-12-10-22(6-5-14(12)26-15)9-11-3-2-4-13(7-11)25-17(18,19)20/h2-4,7-8H,5-6,9-10H2,1H3,(H,21,23). The number of carbonyl (C=O) groups excluding carboxylic acids is 1. The van der Waals surface area contributed by atoms with Crippen LogP contribution in [0.1, 0.15) is 25.7 Å². The number of nitrogens with zero attached hydrogens (tertiary/aromatic N) is 1. The Hall–Kier alpha value is -2.10. The van der Waals surface area contributed by atoms with E-state index in [1.807, 2.05) is 6.07 Å². The van der Waals surface area contributed by atoms with E-state index in [9.17, 15) is 18.0 Å². The Labute approximate surface area is 152 Å². The molecule has 0 spiro atoms. The highest BCUT2D eigenvalue weighted by Gasteiger charge is 2.31. The zero-order valence-electron chi connectivity index (χ0n) is 13.9. The zero-order chi connectivity index (χ0) is 18.7. The van der Waals surface area contributed by atoms with Gasteiger partial charge >= 0.3 is 6.36 Å². The Bertz CT molecular complexity index is 792. The van der Waals surface area contributed by atoms with Crippen LogP contribution in [0.4, 0.5) is 13.2 Å². The Morgan fingerprint density at radius 3 is 2.88 bits per heavy atom. The molecule has 0 aliphatic carbocycles. The van der Waals surface area contributed by atoms with E-state index in [-0.39, 0.29) is 11.7 Å². The van der Waals surface area contributed by atoms with Crippen molar-refractivity contribution in [1.82, 2.24) is 10.4 Å². The first-order valence-corrected chi connectivity index (χ1v) is 8.67. The van der Waals surface area contributed by atoms with Crippen LogP contribution in [-0.2, 0) is 24.3 Å². The van der Waals surface area contributed by atoms with E-state index in [2.05, 4.69) is 20.0 Å². The van der Waals surface area contributed by atoms with Gasteiger partial charge in [0.05, 0.1) is 12.0 Å². The van der Waals surface area contributed by atoms with E-state index in [1.165, 1.54) is 30.6 Å². The normalized spacial score (nSPS) is 14.8. The maximum absolute atomic E-state index is 12.3. The third-order valence-electron chi connectivity index (χ3n) is 3.90. The van der Waals surface area contributed by atoms with Crippen molar-refractivity contribution in [2.24, 2.45) is 0 Å². The molecule has 0 fully saturated rings. The molecular formula is C17H17F3N2O3S. The summed E-state index contributed by atoms with van der Waals surface area (Å²) in [5.74, 6) is -0.503. The van der Waals surface area contributed by atoms with Gasteiger partial charge in [0.2, 0.25) is 0 Å². The molecule has 0 saturated heterocycles. The van der Waals surface area contributed by atoms with E-state index in [0.717, 1.165) is 29.0 Å². The van der Waals surface area contributed by atoms with Crippen molar-refractivity contribution >= 4 is 17.2 Å². The highest BCUT2D eigenvalue weighted by Crippen LogP contribution is 2.29. The minimum atomic E-state index is -4.70. The third-order valence-corrected chi connectivity index (χ3v) is 5.14. The largest absolute Gasteiger partial charge is 0.573 e. The second-order valence-electron chi connectivity index (χ2n) is 5.85. The Morgan fingerprint density at radius 2 is 2.15 bits per heavy atom. The second-order valence-corrected chi connectivity index (χ2v) is 6.99. The maximum atomic E-state index is 12.3. The fraction of sp³-hybridized carbons (Fsp3) is 0.353. The van der Waals surface area contributed by atoms with Crippen LogP contribution >= 0.6 is 11.3 Å². The summed E-state index contributed by atoms with van der Waals surface area (Å²) in [7, 11) is 1.38. The Balaban J connectivity index is 1.66. The first-order chi connectivity index (χ1) is 12.3. The van der Waals surface area contributed by atoms with Crippen LogP contribution in [0.3, 0.4) is 0 Å². The van der Waals surface area contributed by atoms with E-state index in [0.29, 0.717) is 18.0 Å². The minimum Gasteiger partial charge on any atom is -0.406 e. The molecule has 1 aromatic carbocycles. The molecule has 1 aliphatic rings. The summed E-state index contributed by atoms with van der Waals surface area (Å²) in [5.41, 5.74) is 4.10. The minimum absolute atomic E-state index is 0.221. The number of ether oxygens (including phenoxy) is 1. The molecule has 1 aromatic heterocycles. The summed E-state index contributed by atoms with van der Waals surface area (Å²) in [4.78, 5) is 20.3. The van der Waals surface area contributed by atoms with E-state index >= 15 is 0 Å². The molecule has 2 aromatic rings. The van der Waals surface area contributed by atoms with Crippen LogP contribution in [0.5, 0.6) is 5.75 Å². The highest BCUT2D eigenvalue weighted by molar-refractivity contribution is 7.14. The van der Waals surface area contributed by atoms with Gasteiger partial charge in [-0.3, -0.25) is 14.5 Å². The van der Waals surface area contributed by atoms with Gasteiger partial charge in [0, 0.05) is 24.5 Å². The van der Waals surface area contributed by atoms with Gasteiger partial charge in [0.1, 0.15) is 5.75 Å². The molecule has 5 nitrogen and oxygen atoms in total. The average Bonchev–Trinajstić information content (AvgIpc) is 2.97. The van der Waals surface area contributed by atoms with Crippen LogP contribution in [0, 0.1) is 0 Å². The van der Waals surface area contributed by atoms with Gasteiger partial charge in [-0.15, -0.1) is 24.5 Å². The second kappa shape index (κ2) is 7.65. The predicted octanol–water partition coefficient (Wildman–Crippen LogP) is 3.50. The van der Waals surface area contributed by atoms with Gasteiger partial charge in [0.15, 0.2) is 0 Å². The lowest BCUT2D eigenvalue weighted by atomic mass is 10.1. The summed E-state index contributed by atoms with van der Waals surface area (Å²) >= 11 is 1.44. The van der Waals surface area contributed by atoms with Gasteiger partial charge in [0.25, 0.3) is 5.91 Å². The average molecular weight is 386 g/mol. The molecule has 140 valence electrons. The fourth-order valence-electron chi connectivity index (χ4n) is 2.88. The van der Waals surface area contributed by atoms with Gasteiger partial charge in [-0.1, -0.05) is 12.1 Å². The molecule has 3 rings (SSSR count). The maximum Gasteiger partial charge on any atom is 0.573 e. The van der Waals surface area contributed by atoms with Crippen LogP contribution in [0.25, 0.3) is 0 Å². The van der Waals surface area contributed by atoms with E-state index in [1.54, 1.807) is 12.1 Å². The van der Waals surface area contributed by atoms with Crippen LogP contribution in [0.15, 0.2) is 30.3 Å². The number of thiophene rings is 1. The molecule has 0 unspecified atom stereocenters. The number of alkyl halides is 3. The first-order valence-electron chi connectivity index (χ1n) is 7.86. The van der Waals surface area contributed by atoms with Crippen molar-refractivity contribution in [1.29, 1.82) is 0 Å². The molecule has 26 heavy (non-hydrogen) atoms. The number of hydrogen-bond donors (Lipinski definition) is 1. The van der Waals surface area contributed by atoms with Crippen molar-refractivity contribution in [3.05, 3.63) is 51.2 Å². The van der Waals surface area contributed by atoms with E-state index in [4.69, 9.17) is 0 Å². The number of benzene rings is 1. The number of hydrogen-bond acceptors (Lipinski definition) is 5. The van der Waals surface area contributed by atoms with Gasteiger partial charge < -0.3 is 4.74 Å². The first kappa shape index (κ1) is 18.7. The van der Waals surface area contributed by atoms with Crippen LogP contribution in [-0.4, -0.2) is 30.8 Å². The van der Waals surface area contributed by atoms with Gasteiger partial charge in [-0.05, 0) is 35.7 Å². The lowest BCUT2D eigenvalue weighted by Gasteiger charge is -2.26. The molecule has 1 amide bonds. The SMILES string of the molecule is CONC(=O)c1cc2c(s1)CCN(Cc1cccc(OC(F)(F)F)c1)C2. The van der Waals surface area contributed by atoms with Crippen molar-refractivity contribution in [2.75, 3.05) is 13.7 Å². The lowest BCUT2D eigenvalue weighted by molar-refractivity contribution is -0.274. The number of rotatable bonds is 5. The number of fused-ring (bicyclic) bond motifs is 1. The topological polar surface area (TPSA) is 50.8 Å². The molecule has 0 bridgehead atoms. The number of amides is 1. The summed E-state index contributed by atoms with van der Waals surface area (Å²) in [5, 5.41) is 0. The van der Waals surface area contributed by atoms with Crippen LogP contribution < -0.4 is 10.2 Å². The van der Waals surface area contributed by atoms with E-state index < -0.39 is 6.36 Å². The fourth-order valence-corrected chi connectivity index (χ4v) is 3.93. The summed E-state index contributed by atoms with van der Waals surface area (Å²) in [6.45, 7) is 1.91. The Morgan fingerprint density at radius 1 is 1.35 bits per heavy atom. The van der Waals surface area contributed by atoms with Gasteiger partial charge in [-0.2, -0.15) is 0 Å². The molecule has 1 aliphatic heterocycles. The molecule has 0 saturated carbocycles. The van der Waals surface area contributed by atoms with Gasteiger partial charge in [-0.25, -0.2) is 5.48 Å². The number of nitrogens with one attached hydrogen (secondary N) is 1. The van der Waals surface area contributed by atoms with Crippen LogP contribution in [0.2, 0.25) is 0 Å². The molecule has 2 heterocycles. The number of hydroxylamine groups is 1. The number of halogens is 3. The highest BCUT2D eigenvalue weighted by atomic mass is 32.1. The molecule has 9 heteroatoms. The van der Waals surface area contributed by atoms with Crippen molar-refractivity contribution in [2.45, 2.75) is 25.9 Å². The smallest absolute Gasteiger partial charge is 0.406 e. The van der Waals surface area contributed by atoms with Crippen molar-refractivity contribution in [3.63, 3.8) is 0 Å². The van der Waals surface area contributed by atoms with Crippen molar-refractivity contribution < 1.29 is 27.5 Å². The summed E-state index contributed by atoms with van der Waals surface area (Å²) < 4.78 is 41.0. The molecule has 0 atom stereocenters. The Kier molecular flexibility index (Phi) is 5.49. The quantitative estimate of drug-likeness (QED) is 0.800. The molecular weight excluding hydrogens is 369 g/mol.